The number of nitrogens with one attached hydrogen (secondary N) is 1. The summed E-state index contributed by atoms with van der Waals surface area (Å²) in [6.07, 6.45) is 1.41. The summed E-state index contributed by atoms with van der Waals surface area (Å²) in [5, 5.41) is 25.3. The maximum atomic E-state index is 12.3. The number of thiazole rings is 1. The highest BCUT2D eigenvalue weighted by atomic mass is 32.2. The Morgan fingerprint density at radius 3 is 2.85 bits per heavy atom. The number of amides is 1. The van der Waals surface area contributed by atoms with Gasteiger partial charge in [-0.3, -0.25) is 14.9 Å². The Kier molecular flexibility index (Phi) is 5.14. The normalized spacial score (nSPS) is 10.5. The number of nitro benzene ring substituents is 1. The van der Waals surface area contributed by atoms with Crippen LogP contribution in [0, 0.1) is 17.0 Å². The first-order valence-corrected chi connectivity index (χ1v) is 8.97. The van der Waals surface area contributed by atoms with E-state index in [-0.39, 0.29) is 22.8 Å². The SMILES string of the molecule is Cc1csc(Sc2ccc(C(=O)Nc3ncccc3O)cc2[N+](=O)[O-])n1. The molecule has 3 aromatic rings. The number of anilines is 1. The number of nitro groups is 1. The van der Waals surface area contributed by atoms with Crippen molar-refractivity contribution < 1.29 is 14.8 Å². The number of aromatic hydroxyl groups is 1. The molecule has 0 aliphatic rings. The third-order valence-electron chi connectivity index (χ3n) is 3.23. The molecule has 0 atom stereocenters. The molecule has 1 amide bonds. The average Bonchev–Trinajstić information content (AvgIpc) is 3.02. The first kappa shape index (κ1) is 17.8. The van der Waals surface area contributed by atoms with Crippen molar-refractivity contribution in [1.29, 1.82) is 0 Å². The van der Waals surface area contributed by atoms with E-state index in [2.05, 4.69) is 15.3 Å². The quantitative estimate of drug-likeness (QED) is 0.503. The summed E-state index contributed by atoms with van der Waals surface area (Å²) in [6, 6.07) is 7.07. The van der Waals surface area contributed by atoms with Crippen LogP contribution in [0.1, 0.15) is 16.1 Å². The summed E-state index contributed by atoms with van der Waals surface area (Å²) in [5.41, 5.74) is 0.730. The molecule has 3 rings (SSSR count). The molecule has 26 heavy (non-hydrogen) atoms. The number of nitrogens with zero attached hydrogens (tertiary/aromatic N) is 3. The number of carbonyl (C=O) groups is 1. The topological polar surface area (TPSA) is 118 Å². The van der Waals surface area contributed by atoms with Gasteiger partial charge in [0.15, 0.2) is 15.9 Å². The van der Waals surface area contributed by atoms with Crippen LogP contribution < -0.4 is 5.32 Å². The first-order valence-electron chi connectivity index (χ1n) is 7.28. The maximum absolute atomic E-state index is 12.3. The molecule has 10 heteroatoms. The molecule has 0 saturated carbocycles. The second kappa shape index (κ2) is 7.50. The fourth-order valence-corrected chi connectivity index (χ4v) is 3.91. The van der Waals surface area contributed by atoms with Gasteiger partial charge in [-0.15, -0.1) is 11.3 Å². The van der Waals surface area contributed by atoms with Gasteiger partial charge in [0.2, 0.25) is 0 Å². The zero-order valence-corrected chi connectivity index (χ0v) is 15.0. The summed E-state index contributed by atoms with van der Waals surface area (Å²) in [5.74, 6) is -0.817. The number of hydrogen-bond donors (Lipinski definition) is 2. The highest BCUT2D eigenvalue weighted by molar-refractivity contribution is 8.01. The molecule has 0 spiro atoms. The van der Waals surface area contributed by atoms with E-state index in [0.29, 0.717) is 9.24 Å². The minimum Gasteiger partial charge on any atom is -0.504 e. The fraction of sp³-hybridized carbons (Fsp3) is 0.0625. The molecule has 2 heterocycles. The molecular weight excluding hydrogens is 376 g/mol. The summed E-state index contributed by atoms with van der Waals surface area (Å²) in [4.78, 5) is 31.7. The van der Waals surface area contributed by atoms with Gasteiger partial charge in [0.25, 0.3) is 11.6 Å². The van der Waals surface area contributed by atoms with Gasteiger partial charge < -0.3 is 10.4 Å². The van der Waals surface area contributed by atoms with Crippen molar-refractivity contribution in [2.75, 3.05) is 5.32 Å². The second-order valence-electron chi connectivity index (χ2n) is 5.12. The van der Waals surface area contributed by atoms with Gasteiger partial charge in [-0.25, -0.2) is 9.97 Å². The van der Waals surface area contributed by atoms with E-state index in [1.165, 1.54) is 59.6 Å². The zero-order chi connectivity index (χ0) is 18.7. The lowest BCUT2D eigenvalue weighted by Gasteiger charge is -2.07. The number of pyridine rings is 1. The molecule has 2 aromatic heterocycles. The van der Waals surface area contributed by atoms with E-state index in [9.17, 15) is 20.0 Å². The van der Waals surface area contributed by atoms with Gasteiger partial charge >= 0.3 is 0 Å². The van der Waals surface area contributed by atoms with Crippen LogP contribution in [-0.2, 0) is 0 Å². The minimum atomic E-state index is -0.608. The van der Waals surface area contributed by atoms with Crippen molar-refractivity contribution >= 4 is 40.5 Å². The summed E-state index contributed by atoms with van der Waals surface area (Å²) < 4.78 is 0.682. The van der Waals surface area contributed by atoms with Crippen molar-refractivity contribution in [3.8, 4) is 5.75 Å². The number of benzene rings is 1. The average molecular weight is 388 g/mol. The van der Waals surface area contributed by atoms with Crippen molar-refractivity contribution in [3.05, 3.63) is 63.3 Å². The largest absolute Gasteiger partial charge is 0.504 e. The van der Waals surface area contributed by atoms with Crippen LogP contribution in [0.2, 0.25) is 0 Å². The highest BCUT2D eigenvalue weighted by Gasteiger charge is 2.20. The van der Waals surface area contributed by atoms with Crippen LogP contribution in [0.5, 0.6) is 5.75 Å². The van der Waals surface area contributed by atoms with Crippen molar-refractivity contribution in [2.24, 2.45) is 0 Å². The predicted molar refractivity (Wildman–Crippen MR) is 97.9 cm³/mol. The molecule has 0 radical (unpaired) electrons. The van der Waals surface area contributed by atoms with E-state index in [1.807, 2.05) is 12.3 Å². The lowest BCUT2D eigenvalue weighted by molar-refractivity contribution is -0.387. The Hall–Kier alpha value is -2.98. The molecule has 8 nitrogen and oxygen atoms in total. The van der Waals surface area contributed by atoms with Gasteiger partial charge in [-0.05, 0) is 31.2 Å². The first-order chi connectivity index (χ1) is 12.4. The van der Waals surface area contributed by atoms with Crippen molar-refractivity contribution in [3.63, 3.8) is 0 Å². The molecule has 0 unspecified atom stereocenters. The molecular formula is C16H12N4O4S2. The Morgan fingerprint density at radius 2 is 2.19 bits per heavy atom. The molecule has 0 saturated heterocycles. The number of aromatic nitrogens is 2. The molecule has 0 fully saturated rings. The van der Waals surface area contributed by atoms with Gasteiger partial charge in [-0.1, -0.05) is 11.8 Å². The Labute approximate surface area is 156 Å². The third-order valence-corrected chi connectivity index (χ3v) is 5.35. The predicted octanol–water partition coefficient (Wildman–Crippen LogP) is 3.86. The zero-order valence-electron chi connectivity index (χ0n) is 13.4. The Balaban J connectivity index is 1.87. The van der Waals surface area contributed by atoms with Gasteiger partial charge in [0.1, 0.15) is 0 Å². The van der Waals surface area contributed by atoms with Crippen LogP contribution >= 0.6 is 23.1 Å². The lowest BCUT2D eigenvalue weighted by Crippen LogP contribution is -2.13. The van der Waals surface area contributed by atoms with E-state index >= 15 is 0 Å². The molecule has 0 bridgehead atoms. The van der Waals surface area contributed by atoms with Crippen LogP contribution in [0.25, 0.3) is 0 Å². The Bertz CT molecular complexity index is 990. The smallest absolute Gasteiger partial charge is 0.284 e. The van der Waals surface area contributed by atoms with Crippen LogP contribution in [0.4, 0.5) is 11.5 Å². The molecule has 2 N–H and O–H groups in total. The number of aryl methyl sites for hydroxylation is 1. The van der Waals surface area contributed by atoms with Crippen molar-refractivity contribution in [2.45, 2.75) is 16.2 Å². The van der Waals surface area contributed by atoms with Gasteiger partial charge in [0.05, 0.1) is 9.82 Å². The number of rotatable bonds is 5. The van der Waals surface area contributed by atoms with E-state index < -0.39 is 10.8 Å². The molecule has 1 aromatic carbocycles. The summed E-state index contributed by atoms with van der Waals surface area (Å²) in [7, 11) is 0. The second-order valence-corrected chi connectivity index (χ2v) is 7.27. The molecule has 132 valence electrons. The third kappa shape index (κ3) is 3.98. The highest BCUT2D eigenvalue weighted by Crippen LogP contribution is 2.37. The van der Waals surface area contributed by atoms with E-state index in [1.54, 1.807) is 0 Å². The van der Waals surface area contributed by atoms with E-state index in [4.69, 9.17) is 0 Å². The standard InChI is InChI=1S/C16H12N4O4S2/c1-9-8-25-16(18-9)26-13-5-4-10(7-11(13)20(23)24)15(22)19-14-12(21)3-2-6-17-14/h2-8,21H,1H3,(H,17,19,22). The van der Waals surface area contributed by atoms with Crippen molar-refractivity contribution in [1.82, 2.24) is 9.97 Å². The van der Waals surface area contributed by atoms with Crippen LogP contribution in [-0.4, -0.2) is 25.9 Å². The summed E-state index contributed by atoms with van der Waals surface area (Å²) >= 11 is 2.56. The lowest BCUT2D eigenvalue weighted by atomic mass is 10.2. The maximum Gasteiger partial charge on any atom is 0.284 e. The van der Waals surface area contributed by atoms with Crippen LogP contribution in [0.3, 0.4) is 0 Å². The van der Waals surface area contributed by atoms with Crippen LogP contribution in [0.15, 0.2) is 51.1 Å². The monoisotopic (exact) mass is 388 g/mol. The number of carbonyl (C=O) groups excluding carboxylic acids is 1. The fourth-order valence-electron chi connectivity index (χ4n) is 2.03. The van der Waals surface area contributed by atoms with E-state index in [0.717, 1.165) is 5.69 Å². The van der Waals surface area contributed by atoms with Gasteiger partial charge in [0, 0.05) is 28.9 Å². The summed E-state index contributed by atoms with van der Waals surface area (Å²) in [6.45, 7) is 1.84. The Morgan fingerprint density at radius 1 is 1.38 bits per heavy atom. The van der Waals surface area contributed by atoms with Gasteiger partial charge in [-0.2, -0.15) is 0 Å². The molecule has 0 aliphatic carbocycles. The molecule has 0 aliphatic heterocycles. The number of hydrogen-bond acceptors (Lipinski definition) is 8. The minimum absolute atomic E-state index is 0.0168.